The molecular weight excluding hydrogens is 260 g/mol. The van der Waals surface area contributed by atoms with Gasteiger partial charge in [-0.15, -0.1) is 12.4 Å². The monoisotopic (exact) mass is 285 g/mol. The maximum Gasteiger partial charge on any atom is 0.475 e. The van der Waals surface area contributed by atoms with Crippen LogP contribution in [0.4, 0.5) is 0 Å². The molecule has 3 nitrogen and oxygen atoms in total. The first-order valence-electron chi connectivity index (χ1n) is 7.58. The van der Waals surface area contributed by atoms with Gasteiger partial charge in [0, 0.05) is 5.94 Å². The summed E-state index contributed by atoms with van der Waals surface area (Å²) in [5, 5.41) is 3.52. The summed E-state index contributed by atoms with van der Waals surface area (Å²) in [6.07, 6.45) is 5.33. The summed E-state index contributed by atoms with van der Waals surface area (Å²) < 4.78 is 12.7. The Labute approximate surface area is 122 Å². The number of rotatable bonds is 1. The Balaban J connectivity index is 0.00000110. The van der Waals surface area contributed by atoms with Crippen LogP contribution >= 0.6 is 12.4 Å². The maximum absolute atomic E-state index is 6.44. The van der Waals surface area contributed by atoms with Gasteiger partial charge in [0.25, 0.3) is 0 Å². The first-order chi connectivity index (χ1) is 8.52. The van der Waals surface area contributed by atoms with E-state index in [0.29, 0.717) is 23.4 Å². The summed E-state index contributed by atoms with van der Waals surface area (Å²) >= 11 is 0. The van der Waals surface area contributed by atoms with E-state index in [4.69, 9.17) is 9.31 Å². The predicted octanol–water partition coefficient (Wildman–Crippen LogP) is 2.43. The first-order valence-corrected chi connectivity index (χ1v) is 7.58. The Morgan fingerprint density at radius 3 is 2.63 bits per heavy atom. The number of nitrogens with one attached hydrogen (secondary N) is 1. The zero-order valence-electron chi connectivity index (χ0n) is 12.1. The van der Waals surface area contributed by atoms with Crippen LogP contribution in [0.2, 0.25) is 0 Å². The highest BCUT2D eigenvalue weighted by Gasteiger charge is 2.68. The van der Waals surface area contributed by atoms with Gasteiger partial charge in [0.05, 0.1) is 11.7 Å². The van der Waals surface area contributed by atoms with Crippen LogP contribution in [-0.4, -0.2) is 31.3 Å². The van der Waals surface area contributed by atoms with Crippen molar-refractivity contribution in [2.24, 2.45) is 17.3 Å². The zero-order chi connectivity index (χ0) is 12.5. The van der Waals surface area contributed by atoms with Crippen molar-refractivity contribution in [3.63, 3.8) is 0 Å². The fraction of sp³-hybridized carbons (Fsp3) is 1.00. The van der Waals surface area contributed by atoms with Crippen LogP contribution in [-0.2, 0) is 9.31 Å². The third kappa shape index (κ3) is 1.76. The molecule has 2 saturated heterocycles. The zero-order valence-corrected chi connectivity index (χ0v) is 13.0. The normalized spacial score (nSPS) is 50.4. The second-order valence-corrected chi connectivity index (χ2v) is 7.54. The Hall–Kier alpha value is 0.235. The topological polar surface area (TPSA) is 30.5 Å². The number of hydrogen-bond acceptors (Lipinski definition) is 3. The van der Waals surface area contributed by atoms with Gasteiger partial charge in [-0.3, -0.25) is 0 Å². The smallest absolute Gasteiger partial charge is 0.404 e. The van der Waals surface area contributed by atoms with E-state index < -0.39 is 0 Å². The van der Waals surface area contributed by atoms with Gasteiger partial charge in [-0.1, -0.05) is 13.8 Å². The Kier molecular flexibility index (Phi) is 3.26. The Morgan fingerprint density at radius 1 is 1.21 bits per heavy atom. The van der Waals surface area contributed by atoms with E-state index in [1.165, 1.54) is 25.7 Å². The molecule has 3 aliphatic carbocycles. The van der Waals surface area contributed by atoms with Crippen molar-refractivity contribution in [2.45, 2.75) is 64.1 Å². The van der Waals surface area contributed by atoms with Crippen LogP contribution in [0.1, 0.15) is 46.5 Å². The number of halogens is 1. The fourth-order valence-electron chi connectivity index (χ4n) is 5.01. The minimum Gasteiger partial charge on any atom is -0.404 e. The average Bonchev–Trinajstić information content (AvgIpc) is 2.92. The molecule has 5 heteroatoms. The van der Waals surface area contributed by atoms with Gasteiger partial charge in [-0.2, -0.15) is 0 Å². The molecule has 5 fully saturated rings. The van der Waals surface area contributed by atoms with Crippen LogP contribution in [0.15, 0.2) is 0 Å². The Bertz CT molecular complexity index is 374. The van der Waals surface area contributed by atoms with Gasteiger partial charge >= 0.3 is 7.12 Å². The molecule has 108 valence electrons. The molecule has 0 unspecified atom stereocenters. The van der Waals surface area contributed by atoms with Gasteiger partial charge in [0.1, 0.15) is 0 Å². The highest BCUT2D eigenvalue weighted by Crippen LogP contribution is 2.65. The van der Waals surface area contributed by atoms with Crippen molar-refractivity contribution in [3.05, 3.63) is 0 Å². The maximum atomic E-state index is 6.44. The molecule has 19 heavy (non-hydrogen) atoms. The quantitative estimate of drug-likeness (QED) is 0.751. The molecule has 2 heterocycles. The van der Waals surface area contributed by atoms with Gasteiger partial charge in [-0.05, 0) is 56.4 Å². The van der Waals surface area contributed by atoms with E-state index in [-0.39, 0.29) is 25.1 Å². The van der Waals surface area contributed by atoms with Crippen LogP contribution in [0, 0.1) is 17.3 Å². The van der Waals surface area contributed by atoms with E-state index in [1.54, 1.807) is 0 Å². The molecule has 0 spiro atoms. The largest absolute Gasteiger partial charge is 0.475 e. The van der Waals surface area contributed by atoms with Gasteiger partial charge in [0.15, 0.2) is 0 Å². The highest BCUT2D eigenvalue weighted by molar-refractivity contribution is 6.47. The van der Waals surface area contributed by atoms with Gasteiger partial charge in [0.2, 0.25) is 0 Å². The van der Waals surface area contributed by atoms with E-state index in [2.05, 4.69) is 26.1 Å². The molecule has 0 amide bonds. The molecule has 2 bridgehead atoms. The molecule has 0 aromatic rings. The van der Waals surface area contributed by atoms with Crippen LogP contribution in [0.5, 0.6) is 0 Å². The standard InChI is InChI=1S/C14H24BNO2.ClH/c1-13(2)9-7-10(13)14(3)11(8-9)17-15(18-14)12-5-4-6-16-12;/h9-12,16H,4-8H2,1-3H3;1H/t9-,10-,11+,12+,14-;/m1./s1. The first kappa shape index (κ1) is 14.2. The molecule has 3 saturated carbocycles. The summed E-state index contributed by atoms with van der Waals surface area (Å²) in [5.41, 5.74) is 0.416. The summed E-state index contributed by atoms with van der Waals surface area (Å²) in [7, 11) is -0.00218. The van der Waals surface area contributed by atoms with Crippen molar-refractivity contribution < 1.29 is 9.31 Å². The van der Waals surface area contributed by atoms with Crippen LogP contribution in [0.25, 0.3) is 0 Å². The lowest BCUT2D eigenvalue weighted by molar-refractivity contribution is -0.199. The molecular formula is C14H25BClNO2. The molecule has 5 atom stereocenters. The lowest BCUT2D eigenvalue weighted by atomic mass is 9.43. The molecule has 0 aromatic heterocycles. The second-order valence-electron chi connectivity index (χ2n) is 7.54. The van der Waals surface area contributed by atoms with Crippen molar-refractivity contribution in [3.8, 4) is 0 Å². The minimum absolute atomic E-state index is 0. The predicted molar refractivity (Wildman–Crippen MR) is 78.4 cm³/mol. The summed E-state index contributed by atoms with van der Waals surface area (Å²) in [6, 6.07) is 0. The van der Waals surface area contributed by atoms with Crippen molar-refractivity contribution in [1.82, 2.24) is 5.32 Å². The SMILES string of the molecule is CC1(C)[C@H]2C[C@@H]3OB([C@@H]4CCCN4)O[C@]3(C)[C@@H]1C2.Cl. The molecule has 5 aliphatic rings. The van der Waals surface area contributed by atoms with Gasteiger partial charge < -0.3 is 14.6 Å². The average molecular weight is 286 g/mol. The minimum atomic E-state index is -0.0345. The van der Waals surface area contributed by atoms with Crippen molar-refractivity contribution in [1.29, 1.82) is 0 Å². The fourth-order valence-corrected chi connectivity index (χ4v) is 5.01. The molecule has 2 aliphatic heterocycles. The second kappa shape index (κ2) is 4.36. The lowest BCUT2D eigenvalue weighted by Crippen LogP contribution is -2.65. The molecule has 0 aromatic carbocycles. The van der Waals surface area contributed by atoms with Crippen LogP contribution in [0.3, 0.4) is 0 Å². The van der Waals surface area contributed by atoms with E-state index in [0.717, 1.165) is 12.5 Å². The van der Waals surface area contributed by atoms with Crippen molar-refractivity contribution in [2.75, 3.05) is 6.54 Å². The molecule has 1 N–H and O–H groups in total. The molecule has 0 radical (unpaired) electrons. The van der Waals surface area contributed by atoms with Gasteiger partial charge in [-0.25, -0.2) is 0 Å². The van der Waals surface area contributed by atoms with Crippen molar-refractivity contribution >= 4 is 19.5 Å². The van der Waals surface area contributed by atoms with E-state index in [1.807, 2.05) is 0 Å². The molecule has 5 rings (SSSR count). The van der Waals surface area contributed by atoms with E-state index in [9.17, 15) is 0 Å². The third-order valence-corrected chi connectivity index (χ3v) is 6.40. The summed E-state index contributed by atoms with van der Waals surface area (Å²) in [4.78, 5) is 0. The van der Waals surface area contributed by atoms with Crippen LogP contribution < -0.4 is 5.32 Å². The number of hydrogen-bond donors (Lipinski definition) is 1. The summed E-state index contributed by atoms with van der Waals surface area (Å²) in [5.74, 6) is 1.95. The third-order valence-electron chi connectivity index (χ3n) is 6.40. The lowest BCUT2D eigenvalue weighted by Gasteiger charge is -2.64. The summed E-state index contributed by atoms with van der Waals surface area (Å²) in [6.45, 7) is 8.25. The van der Waals surface area contributed by atoms with E-state index >= 15 is 0 Å². The highest BCUT2D eigenvalue weighted by atomic mass is 35.5. The Morgan fingerprint density at radius 2 is 2.00 bits per heavy atom.